The van der Waals surface area contributed by atoms with Gasteiger partial charge in [-0.3, -0.25) is 9.79 Å². The predicted octanol–water partition coefficient (Wildman–Crippen LogP) is 9.18. The van der Waals surface area contributed by atoms with E-state index in [1.54, 1.807) is 12.2 Å². The Morgan fingerprint density at radius 3 is 2.56 bits per heavy atom. The molecule has 1 aliphatic carbocycles. The number of allylic oxidation sites excluding steroid dienone is 6. The third-order valence-electron chi connectivity index (χ3n) is 7.46. The molecule has 0 amide bonds. The van der Waals surface area contributed by atoms with E-state index in [0.29, 0.717) is 50.6 Å². The Kier molecular flexibility index (Phi) is 12.0. The van der Waals surface area contributed by atoms with E-state index >= 15 is 0 Å². The van der Waals surface area contributed by atoms with E-state index in [2.05, 4.69) is 18.2 Å². The third kappa shape index (κ3) is 10.9. The molecule has 9 heteroatoms. The number of benzene rings is 1. The molecule has 0 radical (unpaired) electrons. The van der Waals surface area contributed by atoms with Gasteiger partial charge in [-0.1, -0.05) is 35.5 Å². The van der Waals surface area contributed by atoms with Crippen LogP contribution in [-0.2, 0) is 33.0 Å². The Morgan fingerprint density at radius 1 is 1.12 bits per heavy atom. The Balaban J connectivity index is 1.62. The van der Waals surface area contributed by atoms with Crippen LogP contribution in [0.5, 0.6) is 0 Å². The number of rotatable bonds is 13. The number of fused-ring (bicyclic) bond motifs is 1. The minimum absolute atomic E-state index is 0.150. The number of carbonyl (C=O) groups is 2. The summed E-state index contributed by atoms with van der Waals surface area (Å²) in [6, 6.07) is 2.01. The first-order valence-corrected chi connectivity index (χ1v) is 14.4. The van der Waals surface area contributed by atoms with E-state index in [1.807, 2.05) is 6.08 Å². The number of esters is 1. The molecule has 1 aromatic carbocycles. The molecule has 43 heavy (non-hydrogen) atoms. The highest BCUT2D eigenvalue weighted by Crippen LogP contribution is 2.36. The van der Waals surface area contributed by atoms with Gasteiger partial charge in [0.1, 0.15) is 12.3 Å². The summed E-state index contributed by atoms with van der Waals surface area (Å²) >= 11 is 0. The van der Waals surface area contributed by atoms with Crippen LogP contribution in [0.15, 0.2) is 83.4 Å². The van der Waals surface area contributed by atoms with E-state index in [0.717, 1.165) is 61.3 Å². The number of hydrogen-bond acceptors (Lipinski definition) is 4. The largest absolute Gasteiger partial charge is 0.458 e. The predicted molar refractivity (Wildman–Crippen MR) is 158 cm³/mol. The van der Waals surface area contributed by atoms with E-state index in [1.165, 1.54) is 12.2 Å². The molecule has 2 aliphatic rings. The van der Waals surface area contributed by atoms with Crippen molar-refractivity contribution >= 4 is 17.5 Å². The molecule has 0 N–H and O–H groups in total. The van der Waals surface area contributed by atoms with Crippen LogP contribution >= 0.6 is 0 Å². The lowest BCUT2D eigenvalue weighted by molar-refractivity contribution is -0.139. The molecule has 3 rings (SSSR count). The van der Waals surface area contributed by atoms with Crippen molar-refractivity contribution in [2.75, 3.05) is 6.54 Å². The summed E-state index contributed by atoms with van der Waals surface area (Å²) in [6.45, 7) is 8.18. The third-order valence-corrected chi connectivity index (χ3v) is 7.46. The minimum atomic E-state index is -4.83. The lowest BCUT2D eigenvalue weighted by Crippen LogP contribution is -2.20. The SMILES string of the molecule is C=CCCCCC(=C)C/C=C/C(=O)C1=NCC2CCC/C(=C\C(=O)OCc3cc(C(C)(F)F)cc(C(F)(F)F)c3)CC2=C1. The van der Waals surface area contributed by atoms with Crippen LogP contribution in [0.1, 0.15) is 81.4 Å². The van der Waals surface area contributed by atoms with Gasteiger partial charge < -0.3 is 4.74 Å². The molecule has 4 nitrogen and oxygen atoms in total. The van der Waals surface area contributed by atoms with Crippen molar-refractivity contribution in [3.8, 4) is 0 Å². The van der Waals surface area contributed by atoms with Crippen molar-refractivity contribution in [3.05, 3.63) is 95.1 Å². The molecule has 1 aromatic rings. The number of alkyl halides is 5. The van der Waals surface area contributed by atoms with Crippen LogP contribution < -0.4 is 0 Å². The first-order valence-electron chi connectivity index (χ1n) is 14.4. The summed E-state index contributed by atoms with van der Waals surface area (Å²) in [5.41, 5.74) is 0.939. The summed E-state index contributed by atoms with van der Waals surface area (Å²) < 4.78 is 72.5. The first kappa shape index (κ1) is 33.9. The molecule has 1 atom stereocenters. The van der Waals surface area contributed by atoms with Gasteiger partial charge in [0, 0.05) is 31.0 Å². The number of ether oxygens (including phenoxy) is 1. The van der Waals surface area contributed by atoms with Crippen molar-refractivity contribution < 1.29 is 36.3 Å². The smallest absolute Gasteiger partial charge is 0.416 e. The van der Waals surface area contributed by atoms with Crippen LogP contribution in [0.4, 0.5) is 22.0 Å². The summed E-state index contributed by atoms with van der Waals surface area (Å²) in [6.07, 6.45) is 10.7. The Labute approximate surface area is 249 Å². The first-order chi connectivity index (χ1) is 20.3. The molecular formula is C34H38F5NO3. The number of halogens is 5. The van der Waals surface area contributed by atoms with Gasteiger partial charge in [0.05, 0.1) is 5.56 Å². The number of dihydropyridines is 1. The number of ketones is 1. The summed E-state index contributed by atoms with van der Waals surface area (Å²) in [5, 5.41) is 0. The van der Waals surface area contributed by atoms with Crippen molar-refractivity contribution in [3.63, 3.8) is 0 Å². The van der Waals surface area contributed by atoms with Crippen molar-refractivity contribution in [2.45, 2.75) is 83.4 Å². The fourth-order valence-corrected chi connectivity index (χ4v) is 5.07. The molecule has 1 heterocycles. The minimum Gasteiger partial charge on any atom is -0.458 e. The Hall–Kier alpha value is -3.62. The molecule has 0 saturated heterocycles. The summed E-state index contributed by atoms with van der Waals surface area (Å²) in [7, 11) is 0. The summed E-state index contributed by atoms with van der Waals surface area (Å²) in [5.74, 6) is -4.31. The summed E-state index contributed by atoms with van der Waals surface area (Å²) in [4.78, 5) is 29.8. The van der Waals surface area contributed by atoms with Gasteiger partial charge in [0.15, 0.2) is 0 Å². The Morgan fingerprint density at radius 2 is 1.86 bits per heavy atom. The van der Waals surface area contributed by atoms with Gasteiger partial charge in [-0.2, -0.15) is 13.2 Å². The van der Waals surface area contributed by atoms with Gasteiger partial charge in [0.2, 0.25) is 5.78 Å². The average molecular weight is 604 g/mol. The zero-order valence-electron chi connectivity index (χ0n) is 24.5. The highest BCUT2D eigenvalue weighted by molar-refractivity contribution is 6.48. The van der Waals surface area contributed by atoms with E-state index < -0.39 is 35.8 Å². The second-order valence-electron chi connectivity index (χ2n) is 11.2. The Bertz CT molecular complexity index is 1300. The van der Waals surface area contributed by atoms with E-state index in [4.69, 9.17) is 4.74 Å². The normalized spacial score (nSPS) is 18.5. The zero-order chi connectivity index (χ0) is 31.6. The van der Waals surface area contributed by atoms with Gasteiger partial charge in [-0.05, 0) is 93.7 Å². The van der Waals surface area contributed by atoms with Gasteiger partial charge in [0.25, 0.3) is 5.92 Å². The standard InChI is InChI=1S/C34H38F5NO3/c1-4-5-6-7-10-23(2)11-8-14-31(41)30-19-27-15-24(12-9-13-26(27)21-40-30)18-32(42)43-22-25-16-28(33(3,35)36)20-29(17-25)34(37,38)39/h4,8,14,16-20,26H,1-2,5-7,9-13,15,21-22H2,3H3/b14-8+,24-18+. The number of hydrogen-bond donors (Lipinski definition) is 0. The lowest BCUT2D eigenvalue weighted by Gasteiger charge is -2.20. The molecule has 0 aromatic heterocycles. The topological polar surface area (TPSA) is 55.7 Å². The number of unbranched alkanes of at least 4 members (excludes halogenated alkanes) is 2. The van der Waals surface area contributed by atoms with Gasteiger partial charge >= 0.3 is 12.1 Å². The van der Waals surface area contributed by atoms with Crippen molar-refractivity contribution in [2.24, 2.45) is 10.9 Å². The molecule has 1 unspecified atom stereocenters. The number of aliphatic imine (C=N–C) groups is 1. The highest BCUT2D eigenvalue weighted by Gasteiger charge is 2.34. The van der Waals surface area contributed by atoms with Crippen LogP contribution in [0.25, 0.3) is 0 Å². The monoisotopic (exact) mass is 603 g/mol. The molecule has 232 valence electrons. The van der Waals surface area contributed by atoms with E-state index in [9.17, 15) is 31.5 Å². The quantitative estimate of drug-likeness (QED) is 0.0743. The molecule has 1 fully saturated rings. The molecule has 1 aliphatic heterocycles. The second kappa shape index (κ2) is 15.2. The van der Waals surface area contributed by atoms with Crippen LogP contribution in [0.3, 0.4) is 0 Å². The van der Waals surface area contributed by atoms with Crippen LogP contribution in [0, 0.1) is 5.92 Å². The lowest BCUT2D eigenvalue weighted by atomic mass is 9.89. The van der Waals surface area contributed by atoms with Crippen molar-refractivity contribution in [1.29, 1.82) is 0 Å². The van der Waals surface area contributed by atoms with Crippen molar-refractivity contribution in [1.82, 2.24) is 0 Å². The second-order valence-corrected chi connectivity index (χ2v) is 11.2. The number of carbonyl (C=O) groups excluding carboxylic acids is 2. The van der Waals surface area contributed by atoms with Crippen LogP contribution in [-0.4, -0.2) is 24.0 Å². The molecule has 0 bridgehead atoms. The van der Waals surface area contributed by atoms with Gasteiger partial charge in [-0.15, -0.1) is 6.58 Å². The molecular weight excluding hydrogens is 565 g/mol. The maximum atomic E-state index is 13.8. The molecule has 0 spiro atoms. The average Bonchev–Trinajstić information content (AvgIpc) is 3.14. The highest BCUT2D eigenvalue weighted by atomic mass is 19.4. The zero-order valence-corrected chi connectivity index (χ0v) is 24.5. The maximum absolute atomic E-state index is 13.8. The molecule has 1 saturated carbocycles. The van der Waals surface area contributed by atoms with E-state index in [-0.39, 0.29) is 17.3 Å². The number of nitrogens with zero attached hydrogens (tertiary/aromatic N) is 1. The fraction of sp³-hybridized carbons (Fsp3) is 0.441. The fourth-order valence-electron chi connectivity index (χ4n) is 5.07. The van der Waals surface area contributed by atoms with Crippen LogP contribution in [0.2, 0.25) is 0 Å². The maximum Gasteiger partial charge on any atom is 0.416 e. The van der Waals surface area contributed by atoms with Gasteiger partial charge in [-0.25, -0.2) is 13.6 Å².